The lowest BCUT2D eigenvalue weighted by atomic mass is 10.1. The van der Waals surface area contributed by atoms with Crippen LogP contribution in [0.3, 0.4) is 0 Å². The molecule has 0 aliphatic rings. The average molecular weight is 474 g/mol. The van der Waals surface area contributed by atoms with Gasteiger partial charge in [-0.15, -0.1) is 0 Å². The van der Waals surface area contributed by atoms with Gasteiger partial charge in [0.05, 0.1) is 29.3 Å². The number of benzene rings is 3. The molecule has 7 nitrogen and oxygen atoms in total. The van der Waals surface area contributed by atoms with E-state index in [1.54, 1.807) is 41.0 Å². The van der Waals surface area contributed by atoms with Gasteiger partial charge in [-0.1, -0.05) is 54.2 Å². The molecule has 0 aliphatic heterocycles. The normalized spacial score (nSPS) is 10.7. The molecule has 4 rings (SSSR count). The zero-order valence-electron chi connectivity index (χ0n) is 18.6. The smallest absolute Gasteiger partial charge is 0.337 e. The molecule has 0 atom stereocenters. The number of methoxy groups -OCH3 is 1. The fraction of sp³-hybridized carbons (Fsp3) is 0.154. The van der Waals surface area contributed by atoms with Crippen molar-refractivity contribution in [1.82, 2.24) is 9.55 Å². The van der Waals surface area contributed by atoms with Crippen molar-refractivity contribution in [3.8, 4) is 0 Å². The van der Waals surface area contributed by atoms with Crippen LogP contribution >= 0.6 is 11.8 Å². The second-order valence-corrected chi connectivity index (χ2v) is 8.45. The third-order valence-electron chi connectivity index (χ3n) is 5.22. The van der Waals surface area contributed by atoms with Gasteiger partial charge in [-0.05, 0) is 48.4 Å². The second kappa shape index (κ2) is 10.8. The Hall–Kier alpha value is -3.91. The first-order chi connectivity index (χ1) is 16.5. The highest BCUT2D eigenvalue weighted by Gasteiger charge is 2.14. The first kappa shape index (κ1) is 23.3. The van der Waals surface area contributed by atoms with Gasteiger partial charge < -0.3 is 10.1 Å². The number of fused-ring (bicyclic) bond motifs is 1. The summed E-state index contributed by atoms with van der Waals surface area (Å²) in [6.45, 7) is 0.458. The summed E-state index contributed by atoms with van der Waals surface area (Å²) in [6.07, 6.45) is 0.674. The van der Waals surface area contributed by atoms with Crippen molar-refractivity contribution in [2.45, 2.75) is 18.1 Å². The molecule has 34 heavy (non-hydrogen) atoms. The summed E-state index contributed by atoms with van der Waals surface area (Å²) in [7, 11) is 1.31. The first-order valence-corrected chi connectivity index (χ1v) is 11.7. The molecule has 0 unspecified atom stereocenters. The number of hydrogen-bond donors (Lipinski definition) is 1. The zero-order valence-corrected chi connectivity index (χ0v) is 19.4. The van der Waals surface area contributed by atoms with Crippen molar-refractivity contribution in [3.63, 3.8) is 0 Å². The molecule has 0 spiro atoms. The van der Waals surface area contributed by atoms with E-state index >= 15 is 0 Å². The summed E-state index contributed by atoms with van der Waals surface area (Å²) in [6, 6.07) is 23.6. The Balaban J connectivity index is 1.50. The summed E-state index contributed by atoms with van der Waals surface area (Å²) in [5, 5.41) is 3.85. The molecule has 3 aromatic carbocycles. The van der Waals surface area contributed by atoms with E-state index in [9.17, 15) is 14.4 Å². The standard InChI is InChI=1S/C26H23N3O4S/c1-33-25(32)19-11-13-20(14-12-19)27-23(30)17-34-26-28-22-10-6-5-9-21(22)24(31)29(26)16-15-18-7-3-2-4-8-18/h2-14H,15-17H2,1H3,(H,27,30). The monoisotopic (exact) mass is 473 g/mol. The number of rotatable bonds is 8. The van der Waals surface area contributed by atoms with E-state index in [0.717, 1.165) is 5.56 Å². The molecule has 0 aliphatic carbocycles. The van der Waals surface area contributed by atoms with Crippen molar-refractivity contribution in [2.75, 3.05) is 18.2 Å². The molecule has 4 aromatic rings. The molecule has 1 aromatic heterocycles. The van der Waals surface area contributed by atoms with Crippen molar-refractivity contribution >= 4 is 40.2 Å². The molecule has 172 valence electrons. The van der Waals surface area contributed by atoms with Crippen LogP contribution in [-0.4, -0.2) is 34.3 Å². The van der Waals surface area contributed by atoms with Crippen LogP contribution in [-0.2, 0) is 22.5 Å². The number of carbonyl (C=O) groups is 2. The molecule has 8 heteroatoms. The maximum atomic E-state index is 13.2. The minimum Gasteiger partial charge on any atom is -0.465 e. The van der Waals surface area contributed by atoms with Crippen LogP contribution in [0.1, 0.15) is 15.9 Å². The number of aryl methyl sites for hydroxylation is 1. The van der Waals surface area contributed by atoms with Crippen LogP contribution in [0.5, 0.6) is 0 Å². The molecule has 0 saturated heterocycles. The fourth-order valence-corrected chi connectivity index (χ4v) is 4.30. The van der Waals surface area contributed by atoms with E-state index in [1.165, 1.54) is 18.9 Å². The minimum absolute atomic E-state index is 0.0782. The van der Waals surface area contributed by atoms with Gasteiger partial charge in [-0.2, -0.15) is 0 Å². The lowest BCUT2D eigenvalue weighted by molar-refractivity contribution is -0.113. The van der Waals surface area contributed by atoms with E-state index < -0.39 is 5.97 Å². The fourth-order valence-electron chi connectivity index (χ4n) is 3.48. The number of esters is 1. The molecule has 0 saturated carbocycles. The number of hydrogen-bond acceptors (Lipinski definition) is 6. The summed E-state index contributed by atoms with van der Waals surface area (Å²) in [4.78, 5) is 42.0. The van der Waals surface area contributed by atoms with Gasteiger partial charge in [-0.25, -0.2) is 9.78 Å². The van der Waals surface area contributed by atoms with Gasteiger partial charge in [0, 0.05) is 12.2 Å². The quantitative estimate of drug-likeness (QED) is 0.235. The molecule has 1 heterocycles. The maximum absolute atomic E-state index is 13.2. The third kappa shape index (κ3) is 5.52. The number of amides is 1. The van der Waals surface area contributed by atoms with Gasteiger partial charge in [0.25, 0.3) is 5.56 Å². The molecule has 0 fully saturated rings. The first-order valence-electron chi connectivity index (χ1n) is 10.7. The van der Waals surface area contributed by atoms with Gasteiger partial charge >= 0.3 is 5.97 Å². The molecular weight excluding hydrogens is 450 g/mol. The maximum Gasteiger partial charge on any atom is 0.337 e. The Morgan fingerprint density at radius 1 is 0.971 bits per heavy atom. The number of anilines is 1. The number of thioether (sulfide) groups is 1. The Morgan fingerprint density at radius 3 is 2.41 bits per heavy atom. The van der Waals surface area contributed by atoms with Gasteiger partial charge in [-0.3, -0.25) is 14.2 Å². The van der Waals surface area contributed by atoms with Crippen LogP contribution in [0.15, 0.2) is 88.8 Å². The van der Waals surface area contributed by atoms with E-state index in [2.05, 4.69) is 15.0 Å². The zero-order chi connectivity index (χ0) is 23.9. The van der Waals surface area contributed by atoms with Crippen LogP contribution in [0.4, 0.5) is 5.69 Å². The summed E-state index contributed by atoms with van der Waals surface area (Å²) < 4.78 is 6.32. The predicted octanol–water partition coefficient (Wildman–Crippen LogP) is 4.16. The van der Waals surface area contributed by atoms with Crippen LogP contribution < -0.4 is 10.9 Å². The Bertz CT molecular complexity index is 1370. The van der Waals surface area contributed by atoms with Crippen molar-refractivity contribution < 1.29 is 14.3 Å². The van der Waals surface area contributed by atoms with Crippen molar-refractivity contribution in [3.05, 3.63) is 100 Å². The molecule has 0 radical (unpaired) electrons. The number of nitrogens with zero attached hydrogens (tertiary/aromatic N) is 2. The number of ether oxygens (including phenoxy) is 1. The van der Waals surface area contributed by atoms with Crippen LogP contribution in [0, 0.1) is 0 Å². The van der Waals surface area contributed by atoms with E-state index in [4.69, 9.17) is 0 Å². The van der Waals surface area contributed by atoms with Gasteiger partial charge in [0.15, 0.2) is 5.16 Å². The number of aromatic nitrogens is 2. The molecule has 1 N–H and O–H groups in total. The van der Waals surface area contributed by atoms with Crippen LogP contribution in [0.25, 0.3) is 10.9 Å². The number of para-hydroxylation sites is 1. The van der Waals surface area contributed by atoms with Crippen molar-refractivity contribution in [1.29, 1.82) is 0 Å². The molecule has 1 amide bonds. The molecular formula is C26H23N3O4S. The second-order valence-electron chi connectivity index (χ2n) is 7.51. The Labute approximate surface area is 200 Å². The highest BCUT2D eigenvalue weighted by Crippen LogP contribution is 2.19. The van der Waals surface area contributed by atoms with Crippen LogP contribution in [0.2, 0.25) is 0 Å². The Kier molecular flexibility index (Phi) is 7.39. The lowest BCUT2D eigenvalue weighted by Crippen LogP contribution is -2.25. The lowest BCUT2D eigenvalue weighted by Gasteiger charge is -2.13. The number of nitrogens with one attached hydrogen (secondary N) is 1. The highest BCUT2D eigenvalue weighted by atomic mass is 32.2. The molecule has 0 bridgehead atoms. The SMILES string of the molecule is COC(=O)c1ccc(NC(=O)CSc2nc3ccccc3c(=O)n2CCc2ccccc2)cc1. The average Bonchev–Trinajstić information content (AvgIpc) is 2.87. The number of carbonyl (C=O) groups excluding carboxylic acids is 2. The Morgan fingerprint density at radius 2 is 1.68 bits per heavy atom. The van der Waals surface area contributed by atoms with E-state index in [1.807, 2.05) is 42.5 Å². The minimum atomic E-state index is -0.440. The van der Waals surface area contributed by atoms with E-state index in [-0.39, 0.29) is 17.2 Å². The third-order valence-corrected chi connectivity index (χ3v) is 6.19. The summed E-state index contributed by atoms with van der Waals surface area (Å²) in [5.41, 5.74) is 2.56. The topological polar surface area (TPSA) is 90.3 Å². The van der Waals surface area contributed by atoms with Crippen molar-refractivity contribution in [2.24, 2.45) is 0 Å². The highest BCUT2D eigenvalue weighted by molar-refractivity contribution is 7.99. The predicted molar refractivity (Wildman–Crippen MR) is 133 cm³/mol. The largest absolute Gasteiger partial charge is 0.465 e. The van der Waals surface area contributed by atoms with Gasteiger partial charge in [0.2, 0.25) is 5.91 Å². The van der Waals surface area contributed by atoms with Gasteiger partial charge in [0.1, 0.15) is 0 Å². The van der Waals surface area contributed by atoms with E-state index in [0.29, 0.717) is 40.3 Å². The summed E-state index contributed by atoms with van der Waals surface area (Å²) in [5.74, 6) is -0.605. The summed E-state index contributed by atoms with van der Waals surface area (Å²) >= 11 is 1.22.